The number of nitrogens with zero attached hydrogens (tertiary/aromatic N) is 1. The van der Waals surface area contributed by atoms with E-state index in [1.165, 1.54) is 18.3 Å². The van der Waals surface area contributed by atoms with E-state index in [9.17, 15) is 13.2 Å². The smallest absolute Gasteiger partial charge is 0.340 e. The fourth-order valence-corrected chi connectivity index (χ4v) is 1.45. The van der Waals surface area contributed by atoms with Gasteiger partial charge in [0.1, 0.15) is 5.82 Å². The number of hydrogen-bond acceptors (Lipinski definition) is 2. The Labute approximate surface area is 106 Å². The van der Waals surface area contributed by atoms with Gasteiger partial charge in [0.25, 0.3) is 0 Å². The van der Waals surface area contributed by atoms with Crippen molar-refractivity contribution < 1.29 is 13.2 Å². The predicted molar refractivity (Wildman–Crippen MR) is 64.0 cm³/mol. The van der Waals surface area contributed by atoms with Crippen LogP contribution in [-0.2, 0) is 6.18 Å². The van der Waals surface area contributed by atoms with Crippen molar-refractivity contribution in [1.29, 1.82) is 0 Å². The molecule has 2 nitrogen and oxygen atoms in total. The van der Waals surface area contributed by atoms with Crippen molar-refractivity contribution in [2.45, 2.75) is 6.18 Å². The molecule has 1 aromatic carbocycles. The summed E-state index contributed by atoms with van der Waals surface area (Å²) >= 11 is 5.67. The third-order valence-electron chi connectivity index (χ3n) is 2.21. The van der Waals surface area contributed by atoms with Crippen LogP contribution >= 0.6 is 11.6 Å². The first kappa shape index (κ1) is 12.7. The number of rotatable bonds is 2. The lowest BCUT2D eigenvalue weighted by atomic mass is 10.2. The molecule has 0 fully saturated rings. The van der Waals surface area contributed by atoms with Crippen LogP contribution in [0.25, 0.3) is 0 Å². The van der Waals surface area contributed by atoms with E-state index in [1.807, 2.05) is 0 Å². The SMILES string of the molecule is FC(F)(F)c1ccc(Nc2ccc(Cl)cn2)cc1. The fraction of sp³-hybridized carbons (Fsp3) is 0.0833. The van der Waals surface area contributed by atoms with Gasteiger partial charge in [-0.2, -0.15) is 13.2 Å². The van der Waals surface area contributed by atoms with Crippen molar-refractivity contribution in [3.63, 3.8) is 0 Å². The molecule has 18 heavy (non-hydrogen) atoms. The van der Waals surface area contributed by atoms with Gasteiger partial charge in [-0.15, -0.1) is 0 Å². The first-order valence-electron chi connectivity index (χ1n) is 5.01. The highest BCUT2D eigenvalue weighted by Crippen LogP contribution is 2.30. The van der Waals surface area contributed by atoms with E-state index in [1.54, 1.807) is 12.1 Å². The number of nitrogens with one attached hydrogen (secondary N) is 1. The van der Waals surface area contributed by atoms with E-state index in [0.717, 1.165) is 12.1 Å². The van der Waals surface area contributed by atoms with Gasteiger partial charge in [0, 0.05) is 11.9 Å². The number of aromatic nitrogens is 1. The standard InChI is InChI=1S/C12H8ClF3N2/c13-9-3-6-11(17-7-9)18-10-4-1-8(2-5-10)12(14,15)16/h1-7H,(H,17,18). The van der Waals surface area contributed by atoms with Crippen molar-refractivity contribution in [3.8, 4) is 0 Å². The summed E-state index contributed by atoms with van der Waals surface area (Å²) in [5.74, 6) is 0.513. The third-order valence-corrected chi connectivity index (χ3v) is 2.44. The summed E-state index contributed by atoms with van der Waals surface area (Å²) in [5, 5.41) is 3.37. The monoisotopic (exact) mass is 272 g/mol. The van der Waals surface area contributed by atoms with Crippen LogP contribution in [0.15, 0.2) is 42.6 Å². The van der Waals surface area contributed by atoms with Gasteiger partial charge in [-0.05, 0) is 36.4 Å². The number of benzene rings is 1. The summed E-state index contributed by atoms with van der Waals surface area (Å²) in [6.07, 6.45) is -2.87. The van der Waals surface area contributed by atoms with Crippen LogP contribution in [0.2, 0.25) is 5.02 Å². The third kappa shape index (κ3) is 3.13. The highest BCUT2D eigenvalue weighted by Gasteiger charge is 2.29. The van der Waals surface area contributed by atoms with Crippen LogP contribution in [0.5, 0.6) is 0 Å². The molecule has 94 valence electrons. The van der Waals surface area contributed by atoms with Crippen molar-refractivity contribution >= 4 is 23.1 Å². The van der Waals surface area contributed by atoms with Crippen LogP contribution in [0.3, 0.4) is 0 Å². The van der Waals surface area contributed by atoms with Crippen molar-refractivity contribution in [2.75, 3.05) is 5.32 Å². The van der Waals surface area contributed by atoms with Crippen LogP contribution < -0.4 is 5.32 Å². The minimum atomic E-state index is -4.32. The molecule has 0 amide bonds. The van der Waals surface area contributed by atoms with Gasteiger partial charge in [-0.1, -0.05) is 11.6 Å². The molecule has 0 saturated carbocycles. The topological polar surface area (TPSA) is 24.9 Å². The molecule has 0 aliphatic rings. The second-order valence-corrected chi connectivity index (χ2v) is 4.00. The van der Waals surface area contributed by atoms with Crippen molar-refractivity contribution in [1.82, 2.24) is 4.98 Å². The Hall–Kier alpha value is -1.75. The molecule has 0 aliphatic carbocycles. The summed E-state index contributed by atoms with van der Waals surface area (Å²) < 4.78 is 37.0. The van der Waals surface area contributed by atoms with Crippen LogP contribution in [0, 0.1) is 0 Å². The molecular weight excluding hydrogens is 265 g/mol. The van der Waals surface area contributed by atoms with Crippen LogP contribution in [-0.4, -0.2) is 4.98 Å². The lowest BCUT2D eigenvalue weighted by molar-refractivity contribution is -0.137. The fourth-order valence-electron chi connectivity index (χ4n) is 1.34. The highest BCUT2D eigenvalue weighted by molar-refractivity contribution is 6.30. The summed E-state index contributed by atoms with van der Waals surface area (Å²) in [4.78, 5) is 3.98. The lowest BCUT2D eigenvalue weighted by Gasteiger charge is -2.09. The maximum absolute atomic E-state index is 12.3. The Kier molecular flexibility index (Phi) is 3.43. The molecule has 0 bridgehead atoms. The van der Waals surface area contributed by atoms with Gasteiger partial charge in [-0.25, -0.2) is 4.98 Å². The zero-order valence-electron chi connectivity index (χ0n) is 9.00. The summed E-state index contributed by atoms with van der Waals surface area (Å²) in [7, 11) is 0. The van der Waals surface area contributed by atoms with Gasteiger partial charge in [-0.3, -0.25) is 0 Å². The zero-order valence-corrected chi connectivity index (χ0v) is 9.76. The normalized spacial score (nSPS) is 11.3. The Balaban J connectivity index is 2.13. The maximum atomic E-state index is 12.3. The molecule has 0 saturated heterocycles. The largest absolute Gasteiger partial charge is 0.416 e. The van der Waals surface area contributed by atoms with E-state index in [-0.39, 0.29) is 0 Å². The highest BCUT2D eigenvalue weighted by atomic mass is 35.5. The molecule has 0 spiro atoms. The molecule has 6 heteroatoms. The second kappa shape index (κ2) is 4.86. The first-order chi connectivity index (χ1) is 8.45. The Morgan fingerprint density at radius 3 is 2.17 bits per heavy atom. The number of halogens is 4. The number of alkyl halides is 3. The van der Waals surface area contributed by atoms with Gasteiger partial charge in [0.15, 0.2) is 0 Å². The Bertz CT molecular complexity index is 521. The molecule has 2 aromatic rings. The molecular formula is C12H8ClF3N2. The quantitative estimate of drug-likeness (QED) is 0.871. The lowest BCUT2D eigenvalue weighted by Crippen LogP contribution is -2.04. The maximum Gasteiger partial charge on any atom is 0.416 e. The average molecular weight is 273 g/mol. The zero-order chi connectivity index (χ0) is 13.2. The molecule has 2 rings (SSSR count). The van der Waals surface area contributed by atoms with E-state index in [4.69, 9.17) is 11.6 Å². The Morgan fingerprint density at radius 1 is 1.00 bits per heavy atom. The average Bonchev–Trinajstić information content (AvgIpc) is 2.32. The van der Waals surface area contributed by atoms with Crippen molar-refractivity contribution in [3.05, 3.63) is 53.2 Å². The number of hydrogen-bond donors (Lipinski definition) is 1. The minimum Gasteiger partial charge on any atom is -0.340 e. The number of anilines is 2. The molecule has 0 unspecified atom stereocenters. The minimum absolute atomic E-state index is 0.493. The summed E-state index contributed by atoms with van der Waals surface area (Å²) in [6.45, 7) is 0. The van der Waals surface area contributed by atoms with E-state index < -0.39 is 11.7 Å². The molecule has 0 radical (unpaired) electrons. The van der Waals surface area contributed by atoms with Gasteiger partial charge < -0.3 is 5.32 Å². The van der Waals surface area contributed by atoms with Crippen molar-refractivity contribution in [2.24, 2.45) is 0 Å². The number of pyridine rings is 1. The van der Waals surface area contributed by atoms with Gasteiger partial charge in [0.05, 0.1) is 10.6 Å². The second-order valence-electron chi connectivity index (χ2n) is 3.56. The van der Waals surface area contributed by atoms with Gasteiger partial charge in [0.2, 0.25) is 0 Å². The molecule has 0 atom stereocenters. The molecule has 0 aliphatic heterocycles. The molecule has 1 heterocycles. The molecule has 1 aromatic heterocycles. The van der Waals surface area contributed by atoms with E-state index >= 15 is 0 Å². The predicted octanol–water partition coefficient (Wildman–Crippen LogP) is 4.50. The first-order valence-corrected chi connectivity index (χ1v) is 5.39. The van der Waals surface area contributed by atoms with Crippen LogP contribution in [0.1, 0.15) is 5.56 Å². The Morgan fingerprint density at radius 2 is 1.67 bits per heavy atom. The molecule has 1 N–H and O–H groups in total. The van der Waals surface area contributed by atoms with E-state index in [0.29, 0.717) is 16.5 Å². The van der Waals surface area contributed by atoms with Gasteiger partial charge >= 0.3 is 6.18 Å². The van der Waals surface area contributed by atoms with E-state index in [2.05, 4.69) is 10.3 Å². The summed E-state index contributed by atoms with van der Waals surface area (Å²) in [6, 6.07) is 8.00. The summed E-state index contributed by atoms with van der Waals surface area (Å²) in [5.41, 5.74) is -0.157. The van der Waals surface area contributed by atoms with Crippen LogP contribution in [0.4, 0.5) is 24.7 Å².